The van der Waals surface area contributed by atoms with Crippen LogP contribution in [0.3, 0.4) is 0 Å². The first kappa shape index (κ1) is 5.87. The minimum absolute atomic E-state index is 0.814. The van der Waals surface area contributed by atoms with Crippen molar-refractivity contribution in [2.75, 3.05) is 0 Å². The van der Waals surface area contributed by atoms with Crippen LogP contribution in [-0.4, -0.2) is 0 Å². The molecule has 1 aliphatic rings. The molecule has 0 aromatic rings. The van der Waals surface area contributed by atoms with Gasteiger partial charge in [-0.25, -0.2) is 0 Å². The topological polar surface area (TPSA) is 0 Å². The lowest BCUT2D eigenvalue weighted by atomic mass is 10.0. The van der Waals surface area contributed by atoms with Gasteiger partial charge in [0.15, 0.2) is 0 Å². The molecule has 1 rings (SSSR count). The normalized spacial score (nSPS) is 29.9. The maximum absolute atomic E-state index is 2.40. The molecule has 0 aromatic heterocycles. The van der Waals surface area contributed by atoms with Crippen LogP contribution in [0.1, 0.15) is 26.2 Å². The van der Waals surface area contributed by atoms with Crippen LogP contribution in [-0.2, 0) is 0 Å². The summed E-state index contributed by atoms with van der Waals surface area (Å²) in [5.74, 6) is 0.814. The number of hydrogen-bond donors (Lipinski definition) is 0. The van der Waals surface area contributed by atoms with E-state index in [0.717, 1.165) is 5.92 Å². The van der Waals surface area contributed by atoms with Crippen molar-refractivity contribution in [3.8, 4) is 0 Å². The predicted molar refractivity (Wildman–Crippen MR) is 36.5 cm³/mol. The predicted octanol–water partition coefficient (Wildman–Crippen LogP) is 2.57. The van der Waals surface area contributed by atoms with Crippen molar-refractivity contribution >= 4 is 0 Å². The van der Waals surface area contributed by atoms with E-state index in [1.54, 1.807) is 0 Å². The first-order valence-corrected chi connectivity index (χ1v) is 3.38. The second-order valence-corrected chi connectivity index (χ2v) is 2.50. The summed E-state index contributed by atoms with van der Waals surface area (Å²) in [6.07, 6.45) is 10.7. The highest BCUT2D eigenvalue weighted by Gasteiger charge is 2.00. The Morgan fingerprint density at radius 1 is 1.25 bits per heavy atom. The van der Waals surface area contributed by atoms with Gasteiger partial charge in [-0.3, -0.25) is 0 Å². The molecule has 0 bridgehead atoms. The van der Waals surface area contributed by atoms with E-state index < -0.39 is 0 Å². The van der Waals surface area contributed by atoms with Crippen LogP contribution in [0, 0.1) is 12.3 Å². The van der Waals surface area contributed by atoms with Crippen molar-refractivity contribution in [1.29, 1.82) is 0 Å². The van der Waals surface area contributed by atoms with Crippen molar-refractivity contribution in [1.82, 2.24) is 0 Å². The molecule has 45 valence electrons. The van der Waals surface area contributed by atoms with Crippen LogP contribution in [0.15, 0.2) is 12.2 Å². The summed E-state index contributed by atoms with van der Waals surface area (Å²) in [4.78, 5) is 0. The van der Waals surface area contributed by atoms with E-state index in [0.29, 0.717) is 0 Å². The Kier molecular flexibility index (Phi) is 2.13. The van der Waals surface area contributed by atoms with Gasteiger partial charge in [0.2, 0.25) is 0 Å². The third-order valence-electron chi connectivity index (χ3n) is 1.58. The molecule has 8 heavy (non-hydrogen) atoms. The Morgan fingerprint density at radius 3 is 3.00 bits per heavy atom. The summed E-state index contributed by atoms with van der Waals surface area (Å²) in [5.41, 5.74) is 0. The van der Waals surface area contributed by atoms with Crippen LogP contribution in [0.25, 0.3) is 0 Å². The van der Waals surface area contributed by atoms with E-state index in [4.69, 9.17) is 0 Å². The largest absolute Gasteiger partial charge is 0.0885 e. The fourth-order valence-corrected chi connectivity index (χ4v) is 1.00. The molecule has 0 N–H and O–H groups in total. The molecule has 0 spiro atoms. The van der Waals surface area contributed by atoms with Gasteiger partial charge < -0.3 is 0 Å². The summed E-state index contributed by atoms with van der Waals surface area (Å²) >= 11 is 0. The van der Waals surface area contributed by atoms with Gasteiger partial charge in [0.1, 0.15) is 0 Å². The zero-order valence-corrected chi connectivity index (χ0v) is 5.43. The highest BCUT2D eigenvalue weighted by Crippen LogP contribution is 2.15. The van der Waals surface area contributed by atoms with Crippen molar-refractivity contribution in [2.45, 2.75) is 26.2 Å². The molecule has 0 fully saturated rings. The van der Waals surface area contributed by atoms with Crippen LogP contribution in [0.5, 0.6) is 0 Å². The maximum Gasteiger partial charge on any atom is -0.0322 e. The van der Waals surface area contributed by atoms with E-state index in [1.165, 1.54) is 19.3 Å². The van der Waals surface area contributed by atoms with Crippen molar-refractivity contribution < 1.29 is 0 Å². The average Bonchev–Trinajstić information content (AvgIpc) is 1.94. The minimum Gasteiger partial charge on any atom is -0.0885 e. The number of rotatable bonds is 0. The quantitative estimate of drug-likeness (QED) is 0.419. The van der Waals surface area contributed by atoms with E-state index in [2.05, 4.69) is 25.5 Å². The Hall–Kier alpha value is -0.260. The lowest BCUT2D eigenvalue weighted by Crippen LogP contribution is -1.89. The lowest BCUT2D eigenvalue weighted by Gasteiger charge is -2.01. The fourth-order valence-electron chi connectivity index (χ4n) is 1.00. The molecular formula is C8H13. The number of hydrogen-bond acceptors (Lipinski definition) is 0. The molecule has 0 heterocycles. The van der Waals surface area contributed by atoms with Crippen LogP contribution < -0.4 is 0 Å². The Balaban J connectivity index is 2.30. The molecule has 1 aliphatic carbocycles. The average molecular weight is 109 g/mol. The first-order valence-electron chi connectivity index (χ1n) is 3.38. The minimum atomic E-state index is 0.814. The molecule has 0 saturated heterocycles. The lowest BCUT2D eigenvalue weighted by molar-refractivity contribution is 0.664. The summed E-state index contributed by atoms with van der Waals surface area (Å²) in [6.45, 7) is 2.27. The molecular weight excluding hydrogens is 96.1 g/mol. The van der Waals surface area contributed by atoms with E-state index in [9.17, 15) is 0 Å². The zero-order chi connectivity index (χ0) is 5.82. The summed E-state index contributed by atoms with van der Waals surface area (Å²) < 4.78 is 0. The van der Waals surface area contributed by atoms with Gasteiger partial charge in [-0.05, 0) is 31.6 Å². The molecule has 0 aliphatic heterocycles. The second-order valence-electron chi connectivity index (χ2n) is 2.50. The summed E-state index contributed by atoms with van der Waals surface area (Å²) in [7, 11) is 0. The van der Waals surface area contributed by atoms with Gasteiger partial charge in [-0.1, -0.05) is 19.1 Å². The van der Waals surface area contributed by atoms with Gasteiger partial charge >= 0.3 is 0 Å². The van der Waals surface area contributed by atoms with Crippen molar-refractivity contribution in [3.63, 3.8) is 0 Å². The van der Waals surface area contributed by atoms with Crippen molar-refractivity contribution in [2.24, 2.45) is 5.92 Å². The Labute approximate surface area is 51.6 Å². The Morgan fingerprint density at radius 2 is 2.12 bits per heavy atom. The van der Waals surface area contributed by atoms with Crippen LogP contribution in [0.4, 0.5) is 0 Å². The molecule has 0 saturated carbocycles. The monoisotopic (exact) mass is 109 g/mol. The molecule has 1 atom stereocenters. The second kappa shape index (κ2) is 2.91. The van der Waals surface area contributed by atoms with Crippen LogP contribution in [0.2, 0.25) is 0 Å². The van der Waals surface area contributed by atoms with Gasteiger partial charge in [0.05, 0.1) is 0 Å². The van der Waals surface area contributed by atoms with E-state index in [1.807, 2.05) is 0 Å². The molecule has 1 unspecified atom stereocenters. The van der Waals surface area contributed by atoms with Crippen molar-refractivity contribution in [3.05, 3.63) is 18.6 Å². The fraction of sp³-hybridized carbons (Fsp3) is 0.625. The van der Waals surface area contributed by atoms with Gasteiger partial charge in [-0.15, -0.1) is 0 Å². The smallest absolute Gasteiger partial charge is 0.0322 e. The zero-order valence-electron chi connectivity index (χ0n) is 5.43. The maximum atomic E-state index is 2.40. The third-order valence-corrected chi connectivity index (χ3v) is 1.58. The molecule has 1 radical (unpaired) electrons. The molecule has 0 amide bonds. The number of allylic oxidation sites excluding steroid dienone is 2. The SMILES string of the molecule is CC1[CH]CCC=CC1. The van der Waals surface area contributed by atoms with Gasteiger partial charge in [-0.2, -0.15) is 0 Å². The first-order chi connectivity index (χ1) is 3.89. The molecule has 0 heteroatoms. The molecule has 0 nitrogen and oxygen atoms in total. The third kappa shape index (κ3) is 1.69. The Bertz CT molecular complexity index is 82.0. The van der Waals surface area contributed by atoms with Crippen LogP contribution >= 0.6 is 0 Å². The van der Waals surface area contributed by atoms with E-state index >= 15 is 0 Å². The standard InChI is InChI=1S/C8H13/c1-8-6-4-2-3-5-7-8/h2,4,7-8H,3,5-6H2,1H3. The highest BCUT2D eigenvalue weighted by molar-refractivity contribution is 4.92. The summed E-state index contributed by atoms with van der Waals surface area (Å²) in [6, 6.07) is 0. The highest BCUT2D eigenvalue weighted by atomic mass is 14.1. The van der Waals surface area contributed by atoms with Gasteiger partial charge in [0.25, 0.3) is 0 Å². The van der Waals surface area contributed by atoms with Gasteiger partial charge in [0, 0.05) is 0 Å². The van der Waals surface area contributed by atoms with E-state index in [-0.39, 0.29) is 0 Å². The summed E-state index contributed by atoms with van der Waals surface area (Å²) in [5, 5.41) is 0. The molecule has 0 aromatic carbocycles.